The van der Waals surface area contributed by atoms with E-state index in [4.69, 9.17) is 4.94 Å². The Hall–Kier alpha value is -3.26. The fourth-order valence-electron chi connectivity index (χ4n) is 1.99. The van der Waals surface area contributed by atoms with E-state index in [2.05, 4.69) is 15.6 Å². The van der Waals surface area contributed by atoms with E-state index in [-0.39, 0.29) is 17.3 Å². The van der Waals surface area contributed by atoms with Crippen molar-refractivity contribution >= 4 is 11.7 Å². The quantitative estimate of drug-likeness (QED) is 0.294. The van der Waals surface area contributed by atoms with Crippen LogP contribution in [0.2, 0.25) is 0 Å². The number of hydroxylamine groups is 3. The number of benzene rings is 2. The van der Waals surface area contributed by atoms with Crippen LogP contribution in [0.15, 0.2) is 58.7 Å². The zero-order valence-corrected chi connectivity index (χ0v) is 13.2. The largest absolute Gasteiger partial charge is 0.508 e. The van der Waals surface area contributed by atoms with Crippen LogP contribution in [0.4, 0.5) is 0 Å². The average molecular weight is 330 g/mol. The first-order valence-electron chi connectivity index (χ1n) is 6.99. The van der Waals surface area contributed by atoms with Gasteiger partial charge in [0, 0.05) is 25.2 Å². The summed E-state index contributed by atoms with van der Waals surface area (Å²) in [5.74, 6) is 0.572. The van der Waals surface area contributed by atoms with Crippen molar-refractivity contribution in [2.45, 2.75) is 0 Å². The highest BCUT2D eigenvalue weighted by atomic mass is 16.8. The van der Waals surface area contributed by atoms with Crippen molar-refractivity contribution in [2.75, 3.05) is 14.1 Å². The van der Waals surface area contributed by atoms with E-state index in [1.165, 1.54) is 30.3 Å². The SMILES string of the molecule is CN=C(NON(C)/C(=N\O)c1cccc(O)c1)c1cccc(O)c1. The molecule has 2 aromatic rings. The number of amidine groups is 2. The predicted molar refractivity (Wildman–Crippen MR) is 89.0 cm³/mol. The third-order valence-corrected chi connectivity index (χ3v) is 3.12. The molecule has 0 saturated heterocycles. The molecular weight excluding hydrogens is 312 g/mol. The van der Waals surface area contributed by atoms with Crippen molar-refractivity contribution in [2.24, 2.45) is 10.1 Å². The minimum Gasteiger partial charge on any atom is -0.508 e. The molecule has 8 heteroatoms. The Labute approximate surface area is 138 Å². The van der Waals surface area contributed by atoms with E-state index in [1.54, 1.807) is 37.4 Å². The van der Waals surface area contributed by atoms with Crippen molar-refractivity contribution in [1.82, 2.24) is 10.5 Å². The first kappa shape index (κ1) is 17.1. The Balaban J connectivity index is 2.09. The Morgan fingerprint density at radius 1 is 1.04 bits per heavy atom. The molecule has 2 aromatic carbocycles. The molecule has 0 saturated carbocycles. The fourth-order valence-corrected chi connectivity index (χ4v) is 1.99. The van der Waals surface area contributed by atoms with Crippen LogP contribution in [0.5, 0.6) is 11.5 Å². The number of nitrogens with one attached hydrogen (secondary N) is 1. The summed E-state index contributed by atoms with van der Waals surface area (Å²) in [5, 5.41) is 32.6. The minimum absolute atomic E-state index is 0.0329. The number of phenolic OH excluding ortho intramolecular Hbond substituents is 2. The molecule has 0 radical (unpaired) electrons. The summed E-state index contributed by atoms with van der Waals surface area (Å²) in [7, 11) is 3.08. The lowest BCUT2D eigenvalue weighted by atomic mass is 10.2. The highest BCUT2D eigenvalue weighted by Crippen LogP contribution is 2.14. The highest BCUT2D eigenvalue weighted by Gasteiger charge is 2.13. The van der Waals surface area contributed by atoms with E-state index in [0.717, 1.165) is 0 Å². The molecule has 0 fully saturated rings. The second kappa shape index (κ2) is 7.84. The third-order valence-electron chi connectivity index (χ3n) is 3.12. The maximum absolute atomic E-state index is 9.53. The van der Waals surface area contributed by atoms with Gasteiger partial charge < -0.3 is 15.4 Å². The summed E-state index contributed by atoms with van der Waals surface area (Å²) in [5.41, 5.74) is 3.69. The summed E-state index contributed by atoms with van der Waals surface area (Å²) in [4.78, 5) is 9.38. The lowest BCUT2D eigenvalue weighted by molar-refractivity contribution is -0.118. The molecule has 0 aliphatic rings. The minimum atomic E-state index is 0.0329. The number of hydrogen-bond acceptors (Lipinski definition) is 6. The molecule has 0 amide bonds. The highest BCUT2D eigenvalue weighted by molar-refractivity contribution is 5.99. The number of rotatable bonds is 4. The normalized spacial score (nSPS) is 12.1. The van der Waals surface area contributed by atoms with Gasteiger partial charge in [0.2, 0.25) is 5.84 Å². The Morgan fingerprint density at radius 3 is 2.17 bits per heavy atom. The van der Waals surface area contributed by atoms with Gasteiger partial charge in [-0.3, -0.25) is 4.99 Å². The second-order valence-corrected chi connectivity index (χ2v) is 4.79. The zero-order valence-electron chi connectivity index (χ0n) is 13.2. The van der Waals surface area contributed by atoms with Crippen LogP contribution in [0, 0.1) is 0 Å². The van der Waals surface area contributed by atoms with Crippen molar-refractivity contribution in [3.63, 3.8) is 0 Å². The third kappa shape index (κ3) is 4.14. The molecule has 0 unspecified atom stereocenters. The monoisotopic (exact) mass is 330 g/mol. The molecule has 0 spiro atoms. The smallest absolute Gasteiger partial charge is 0.200 e. The molecule has 0 aliphatic heterocycles. The van der Waals surface area contributed by atoms with Gasteiger partial charge in [-0.2, -0.15) is 4.94 Å². The van der Waals surface area contributed by atoms with Gasteiger partial charge >= 0.3 is 0 Å². The molecular formula is C16H18N4O4. The molecule has 0 aliphatic carbocycles. The topological polar surface area (TPSA) is 110 Å². The summed E-state index contributed by atoms with van der Waals surface area (Å²) >= 11 is 0. The maximum Gasteiger partial charge on any atom is 0.200 e. The molecule has 0 atom stereocenters. The molecule has 126 valence electrons. The van der Waals surface area contributed by atoms with E-state index >= 15 is 0 Å². The van der Waals surface area contributed by atoms with Gasteiger partial charge in [0.25, 0.3) is 0 Å². The molecule has 24 heavy (non-hydrogen) atoms. The van der Waals surface area contributed by atoms with Crippen molar-refractivity contribution < 1.29 is 20.4 Å². The number of hydrogen-bond donors (Lipinski definition) is 4. The lowest BCUT2D eigenvalue weighted by Gasteiger charge is -2.20. The van der Waals surface area contributed by atoms with Gasteiger partial charge in [-0.25, -0.2) is 10.5 Å². The van der Waals surface area contributed by atoms with Crippen LogP contribution in [-0.2, 0) is 4.94 Å². The van der Waals surface area contributed by atoms with Gasteiger partial charge in [0.05, 0.1) is 0 Å². The number of aromatic hydroxyl groups is 2. The molecule has 8 nitrogen and oxygen atoms in total. The molecule has 0 aromatic heterocycles. The summed E-state index contributed by atoms with van der Waals surface area (Å²) in [6.07, 6.45) is 0. The Bertz CT molecular complexity index is 761. The predicted octanol–water partition coefficient (Wildman–Crippen LogP) is 1.68. The van der Waals surface area contributed by atoms with Crippen LogP contribution in [0.1, 0.15) is 11.1 Å². The van der Waals surface area contributed by atoms with Crippen LogP contribution in [0.3, 0.4) is 0 Å². The first-order valence-corrected chi connectivity index (χ1v) is 6.99. The van der Waals surface area contributed by atoms with E-state index in [9.17, 15) is 15.4 Å². The molecule has 2 rings (SSSR count). The van der Waals surface area contributed by atoms with E-state index in [1.807, 2.05) is 0 Å². The lowest BCUT2D eigenvalue weighted by Crippen LogP contribution is -2.37. The number of nitrogens with zero attached hydrogens (tertiary/aromatic N) is 3. The van der Waals surface area contributed by atoms with Crippen molar-refractivity contribution in [1.29, 1.82) is 0 Å². The summed E-state index contributed by atoms with van der Waals surface area (Å²) in [6, 6.07) is 12.7. The van der Waals surface area contributed by atoms with Gasteiger partial charge in [-0.15, -0.1) is 0 Å². The number of aliphatic imine (C=N–C) groups is 1. The van der Waals surface area contributed by atoms with Gasteiger partial charge in [-0.05, 0) is 24.3 Å². The Kier molecular flexibility index (Phi) is 5.58. The molecule has 4 N–H and O–H groups in total. The Morgan fingerprint density at radius 2 is 1.62 bits per heavy atom. The van der Waals surface area contributed by atoms with E-state index in [0.29, 0.717) is 17.0 Å². The summed E-state index contributed by atoms with van der Waals surface area (Å²) < 4.78 is 0. The van der Waals surface area contributed by atoms with Crippen LogP contribution >= 0.6 is 0 Å². The van der Waals surface area contributed by atoms with Gasteiger partial charge in [-0.1, -0.05) is 29.4 Å². The fraction of sp³-hybridized carbons (Fsp3) is 0.125. The molecule has 0 bridgehead atoms. The first-order chi connectivity index (χ1) is 11.5. The average Bonchev–Trinajstić information content (AvgIpc) is 2.56. The number of oxime groups is 1. The van der Waals surface area contributed by atoms with Crippen molar-refractivity contribution in [3.05, 3.63) is 59.7 Å². The van der Waals surface area contributed by atoms with Crippen molar-refractivity contribution in [3.8, 4) is 11.5 Å². The van der Waals surface area contributed by atoms with Crippen LogP contribution in [-0.4, -0.2) is 46.3 Å². The summed E-state index contributed by atoms with van der Waals surface area (Å²) in [6.45, 7) is 0. The maximum atomic E-state index is 9.53. The van der Waals surface area contributed by atoms with Crippen LogP contribution < -0.4 is 5.48 Å². The standard InChI is InChI=1S/C16H18N4O4/c1-17-15(11-5-3-7-13(21)9-11)19-24-20(2)16(18-23)12-6-4-8-14(22)10-12/h3-10,21-23H,1-2H3,(H,17,19)/b18-16-. The molecule has 0 heterocycles. The second-order valence-electron chi connectivity index (χ2n) is 4.79. The van der Waals surface area contributed by atoms with E-state index < -0.39 is 0 Å². The zero-order chi connectivity index (χ0) is 17.5. The van der Waals surface area contributed by atoms with Crippen LogP contribution in [0.25, 0.3) is 0 Å². The van der Waals surface area contributed by atoms with Gasteiger partial charge in [0.1, 0.15) is 11.5 Å². The number of phenols is 2. The van der Waals surface area contributed by atoms with Gasteiger partial charge in [0.15, 0.2) is 5.84 Å².